The number of pyridine rings is 1. The molecule has 1 aromatic carbocycles. The standard InChI is InChI=1S/C13H9Br2ClN2O/c1-7-9(3-2-4-10(7)14)13(19)18-8-5-11(15)12(16)17-6-8/h2-6H,1H3,(H,18,19). The fraction of sp³-hybridized carbons (Fsp3) is 0.0769. The van der Waals surface area contributed by atoms with Crippen molar-refractivity contribution in [2.24, 2.45) is 0 Å². The van der Waals surface area contributed by atoms with E-state index in [9.17, 15) is 4.79 Å². The summed E-state index contributed by atoms with van der Waals surface area (Å²) in [7, 11) is 0. The average Bonchev–Trinajstić information content (AvgIpc) is 2.37. The number of nitrogens with zero attached hydrogens (tertiary/aromatic N) is 1. The number of nitrogens with one attached hydrogen (secondary N) is 1. The SMILES string of the molecule is Cc1c(Br)cccc1C(=O)Nc1cnc(Cl)c(Br)c1. The molecule has 0 aliphatic heterocycles. The molecule has 2 aromatic rings. The van der Waals surface area contributed by atoms with Crippen LogP contribution in [-0.2, 0) is 0 Å². The molecule has 98 valence electrons. The molecule has 0 unspecified atom stereocenters. The van der Waals surface area contributed by atoms with Crippen LogP contribution in [0.25, 0.3) is 0 Å². The van der Waals surface area contributed by atoms with E-state index in [1.165, 1.54) is 6.20 Å². The Hall–Kier alpha value is -0.910. The number of hydrogen-bond acceptors (Lipinski definition) is 2. The molecule has 6 heteroatoms. The van der Waals surface area contributed by atoms with Crippen molar-refractivity contribution in [3.63, 3.8) is 0 Å². The number of carbonyl (C=O) groups is 1. The van der Waals surface area contributed by atoms with Gasteiger partial charge >= 0.3 is 0 Å². The van der Waals surface area contributed by atoms with Crippen LogP contribution < -0.4 is 5.32 Å². The largest absolute Gasteiger partial charge is 0.321 e. The lowest BCUT2D eigenvalue weighted by Gasteiger charge is -2.09. The molecule has 1 heterocycles. The lowest BCUT2D eigenvalue weighted by Crippen LogP contribution is -2.13. The van der Waals surface area contributed by atoms with Crippen LogP contribution in [0, 0.1) is 6.92 Å². The van der Waals surface area contributed by atoms with E-state index < -0.39 is 0 Å². The predicted molar refractivity (Wildman–Crippen MR) is 83.8 cm³/mol. The van der Waals surface area contributed by atoms with E-state index in [4.69, 9.17) is 11.6 Å². The number of benzene rings is 1. The molecule has 0 aliphatic carbocycles. The molecule has 0 fully saturated rings. The van der Waals surface area contributed by atoms with E-state index in [1.54, 1.807) is 12.1 Å². The van der Waals surface area contributed by atoms with Gasteiger partial charge in [-0.05, 0) is 46.6 Å². The number of halogens is 3. The Kier molecular flexibility index (Phi) is 4.60. The molecule has 0 saturated carbocycles. The van der Waals surface area contributed by atoms with Gasteiger partial charge in [0.05, 0.1) is 16.4 Å². The zero-order valence-corrected chi connectivity index (χ0v) is 13.8. The van der Waals surface area contributed by atoms with Gasteiger partial charge in [-0.15, -0.1) is 0 Å². The van der Waals surface area contributed by atoms with Crippen LogP contribution in [-0.4, -0.2) is 10.9 Å². The average molecular weight is 404 g/mol. The summed E-state index contributed by atoms with van der Waals surface area (Å²) in [5.74, 6) is -0.185. The molecule has 0 atom stereocenters. The smallest absolute Gasteiger partial charge is 0.256 e. The lowest BCUT2D eigenvalue weighted by atomic mass is 10.1. The first-order chi connectivity index (χ1) is 8.99. The van der Waals surface area contributed by atoms with Gasteiger partial charge < -0.3 is 5.32 Å². The molecule has 19 heavy (non-hydrogen) atoms. The molecule has 3 nitrogen and oxygen atoms in total. The second kappa shape index (κ2) is 6.03. The molecular weight excluding hydrogens is 395 g/mol. The van der Waals surface area contributed by atoms with E-state index in [0.29, 0.717) is 20.9 Å². The fourth-order valence-electron chi connectivity index (χ4n) is 1.54. The van der Waals surface area contributed by atoms with Crippen LogP contribution in [0.3, 0.4) is 0 Å². The highest BCUT2D eigenvalue weighted by Crippen LogP contribution is 2.24. The second-order valence-corrected chi connectivity index (χ2v) is 5.93. The summed E-state index contributed by atoms with van der Waals surface area (Å²) < 4.78 is 1.54. The molecule has 2 rings (SSSR count). The maximum Gasteiger partial charge on any atom is 0.256 e. The van der Waals surface area contributed by atoms with Gasteiger partial charge in [0.2, 0.25) is 0 Å². The Balaban J connectivity index is 2.26. The number of anilines is 1. The van der Waals surface area contributed by atoms with Gasteiger partial charge in [-0.2, -0.15) is 0 Å². The summed E-state index contributed by atoms with van der Waals surface area (Å²) >= 11 is 12.5. The molecule has 0 aliphatic rings. The van der Waals surface area contributed by atoms with Gasteiger partial charge in [0.25, 0.3) is 5.91 Å². The second-order valence-electron chi connectivity index (χ2n) is 3.86. The third kappa shape index (κ3) is 3.35. The molecule has 0 radical (unpaired) electrons. The number of aromatic nitrogens is 1. The van der Waals surface area contributed by atoms with Crippen molar-refractivity contribution in [3.8, 4) is 0 Å². The van der Waals surface area contributed by atoms with Crippen molar-refractivity contribution >= 4 is 55.1 Å². The number of hydrogen-bond donors (Lipinski definition) is 1. The molecular formula is C13H9Br2ClN2O. The van der Waals surface area contributed by atoms with E-state index in [1.807, 2.05) is 19.1 Å². The van der Waals surface area contributed by atoms with Crippen molar-refractivity contribution < 1.29 is 4.79 Å². The maximum atomic E-state index is 12.2. The van der Waals surface area contributed by atoms with E-state index in [-0.39, 0.29) is 5.91 Å². The van der Waals surface area contributed by atoms with Gasteiger partial charge in [0, 0.05) is 10.0 Å². The van der Waals surface area contributed by atoms with Crippen LogP contribution in [0.15, 0.2) is 39.4 Å². The third-order valence-corrected chi connectivity index (χ3v) is 4.56. The van der Waals surface area contributed by atoms with Crippen molar-refractivity contribution in [1.29, 1.82) is 0 Å². The van der Waals surface area contributed by atoms with Gasteiger partial charge in [-0.25, -0.2) is 4.98 Å². The van der Waals surface area contributed by atoms with E-state index in [0.717, 1.165) is 10.0 Å². The normalized spacial score (nSPS) is 10.3. The number of carbonyl (C=O) groups excluding carboxylic acids is 1. The molecule has 1 amide bonds. The Bertz CT molecular complexity index is 647. The highest BCUT2D eigenvalue weighted by Gasteiger charge is 2.11. The van der Waals surface area contributed by atoms with Crippen molar-refractivity contribution in [3.05, 3.63) is 55.7 Å². The molecule has 0 spiro atoms. The summed E-state index contributed by atoms with van der Waals surface area (Å²) in [5.41, 5.74) is 2.09. The fourth-order valence-corrected chi connectivity index (χ4v) is 2.36. The Morgan fingerprint density at radius 1 is 1.32 bits per heavy atom. The molecule has 0 saturated heterocycles. The zero-order valence-electron chi connectivity index (χ0n) is 9.88. The van der Waals surface area contributed by atoms with Crippen molar-refractivity contribution in [2.45, 2.75) is 6.92 Å². The zero-order chi connectivity index (χ0) is 14.0. The highest BCUT2D eigenvalue weighted by atomic mass is 79.9. The first kappa shape index (κ1) is 14.5. The van der Waals surface area contributed by atoms with Gasteiger partial charge in [-0.3, -0.25) is 4.79 Å². The first-order valence-corrected chi connectivity index (χ1v) is 7.33. The predicted octanol–water partition coefficient (Wildman–Crippen LogP) is 4.82. The number of rotatable bonds is 2. The van der Waals surface area contributed by atoms with Crippen LogP contribution in [0.5, 0.6) is 0 Å². The Morgan fingerprint density at radius 3 is 2.74 bits per heavy atom. The summed E-state index contributed by atoms with van der Waals surface area (Å²) in [5, 5.41) is 3.14. The molecule has 0 bridgehead atoms. The minimum atomic E-state index is -0.185. The maximum absolute atomic E-state index is 12.2. The Labute approximate surface area is 132 Å². The minimum absolute atomic E-state index is 0.185. The quantitative estimate of drug-likeness (QED) is 0.729. The topological polar surface area (TPSA) is 42.0 Å². The van der Waals surface area contributed by atoms with Crippen molar-refractivity contribution in [1.82, 2.24) is 4.98 Å². The van der Waals surface area contributed by atoms with Crippen LogP contribution in [0.2, 0.25) is 5.15 Å². The van der Waals surface area contributed by atoms with Crippen LogP contribution in [0.4, 0.5) is 5.69 Å². The summed E-state index contributed by atoms with van der Waals surface area (Å²) in [4.78, 5) is 16.1. The van der Waals surface area contributed by atoms with E-state index in [2.05, 4.69) is 42.2 Å². The monoisotopic (exact) mass is 402 g/mol. The minimum Gasteiger partial charge on any atom is -0.321 e. The van der Waals surface area contributed by atoms with Crippen LogP contribution >= 0.6 is 43.5 Å². The highest BCUT2D eigenvalue weighted by molar-refractivity contribution is 9.10. The number of amides is 1. The Morgan fingerprint density at radius 2 is 2.05 bits per heavy atom. The summed E-state index contributed by atoms with van der Waals surface area (Å²) in [6, 6.07) is 7.20. The third-order valence-electron chi connectivity index (χ3n) is 2.57. The van der Waals surface area contributed by atoms with Crippen molar-refractivity contribution in [2.75, 3.05) is 5.32 Å². The molecule has 1 aromatic heterocycles. The van der Waals surface area contributed by atoms with E-state index >= 15 is 0 Å². The summed E-state index contributed by atoms with van der Waals surface area (Å²) in [6.45, 7) is 1.88. The first-order valence-electron chi connectivity index (χ1n) is 5.36. The lowest BCUT2D eigenvalue weighted by molar-refractivity contribution is 0.102. The van der Waals surface area contributed by atoms with Gasteiger partial charge in [0.15, 0.2) is 0 Å². The summed E-state index contributed by atoms with van der Waals surface area (Å²) in [6.07, 6.45) is 1.51. The van der Waals surface area contributed by atoms with Gasteiger partial charge in [0.1, 0.15) is 5.15 Å². The van der Waals surface area contributed by atoms with Gasteiger partial charge in [-0.1, -0.05) is 33.6 Å². The molecule has 1 N–H and O–H groups in total. The van der Waals surface area contributed by atoms with Crippen LogP contribution in [0.1, 0.15) is 15.9 Å².